The van der Waals surface area contributed by atoms with Gasteiger partial charge in [0.2, 0.25) is 9.84 Å². The van der Waals surface area contributed by atoms with Crippen LogP contribution in [0, 0.1) is 0 Å². The minimum atomic E-state index is -3.82. The highest BCUT2D eigenvalue weighted by atomic mass is 32.2. The van der Waals surface area contributed by atoms with Crippen LogP contribution in [0.3, 0.4) is 0 Å². The Balaban J connectivity index is 1.53. The van der Waals surface area contributed by atoms with E-state index in [2.05, 4.69) is 0 Å². The number of anilines is 1. The zero-order chi connectivity index (χ0) is 22.5. The Labute approximate surface area is 187 Å². The molecule has 7 nitrogen and oxygen atoms in total. The van der Waals surface area contributed by atoms with Gasteiger partial charge in [-0.05, 0) is 61.4 Å². The molecule has 2 aliphatic rings. The molecule has 1 atom stereocenters. The third-order valence-electron chi connectivity index (χ3n) is 5.64. The van der Waals surface area contributed by atoms with E-state index in [0.29, 0.717) is 42.4 Å². The van der Waals surface area contributed by atoms with Gasteiger partial charge in [0.15, 0.2) is 11.5 Å². The number of rotatable bonds is 4. The minimum Gasteiger partial charge on any atom is -0.486 e. The number of sulfonamides is 1. The normalized spacial score (nSPS) is 17.8. The molecule has 32 heavy (non-hydrogen) atoms. The summed E-state index contributed by atoms with van der Waals surface area (Å²) in [6, 6.07) is 17.0. The SMILES string of the molecule is CC1Cc2cc(S(=O)(=O)c3ccc4c(c3)OCCO4)ccc2N1S(=O)(=O)c1ccccc1. The Morgan fingerprint density at radius 2 is 1.44 bits per heavy atom. The highest BCUT2D eigenvalue weighted by Gasteiger charge is 2.37. The second-order valence-corrected chi connectivity index (χ2v) is 11.5. The van der Waals surface area contributed by atoms with E-state index in [1.807, 2.05) is 6.92 Å². The lowest BCUT2D eigenvalue weighted by Gasteiger charge is -2.24. The number of nitrogens with zero attached hydrogens (tertiary/aromatic N) is 1. The summed E-state index contributed by atoms with van der Waals surface area (Å²) in [6.07, 6.45) is 0.423. The molecule has 0 spiro atoms. The molecule has 166 valence electrons. The van der Waals surface area contributed by atoms with Crippen molar-refractivity contribution in [2.45, 2.75) is 34.1 Å². The van der Waals surface area contributed by atoms with E-state index in [1.54, 1.807) is 48.5 Å². The molecule has 0 aromatic heterocycles. The number of hydrogen-bond donors (Lipinski definition) is 0. The summed E-state index contributed by atoms with van der Waals surface area (Å²) in [7, 11) is -7.58. The Morgan fingerprint density at radius 3 is 2.19 bits per heavy atom. The van der Waals surface area contributed by atoms with Gasteiger partial charge in [0.25, 0.3) is 10.0 Å². The van der Waals surface area contributed by atoms with Crippen molar-refractivity contribution in [3.63, 3.8) is 0 Å². The molecule has 3 aromatic rings. The third kappa shape index (κ3) is 3.32. The monoisotopic (exact) mass is 471 g/mol. The largest absolute Gasteiger partial charge is 0.486 e. The summed E-state index contributed by atoms with van der Waals surface area (Å²) in [5.74, 6) is 0.909. The standard InChI is InChI=1S/C23H21NO6S2/c1-16-13-17-14-19(31(25,26)20-8-10-22-23(15-20)30-12-11-29-22)7-9-21(17)24(16)32(27,28)18-5-3-2-4-6-18/h2-10,14-16H,11-13H2,1H3. The van der Waals surface area contributed by atoms with Crippen LogP contribution in [0.25, 0.3) is 0 Å². The van der Waals surface area contributed by atoms with Crippen molar-refractivity contribution >= 4 is 25.5 Å². The average molecular weight is 472 g/mol. The van der Waals surface area contributed by atoms with Crippen LogP contribution in [0.5, 0.6) is 11.5 Å². The third-order valence-corrected chi connectivity index (χ3v) is 9.33. The molecule has 0 fully saturated rings. The van der Waals surface area contributed by atoms with Crippen LogP contribution >= 0.6 is 0 Å². The van der Waals surface area contributed by atoms with Crippen LogP contribution in [0.15, 0.2) is 81.4 Å². The summed E-state index contributed by atoms with van der Waals surface area (Å²) in [5.41, 5.74) is 1.18. The van der Waals surface area contributed by atoms with Gasteiger partial charge in [-0.3, -0.25) is 4.31 Å². The van der Waals surface area contributed by atoms with Gasteiger partial charge < -0.3 is 9.47 Å². The van der Waals surface area contributed by atoms with Gasteiger partial charge in [0.1, 0.15) is 13.2 Å². The highest BCUT2D eigenvalue weighted by molar-refractivity contribution is 7.93. The molecule has 0 bridgehead atoms. The lowest BCUT2D eigenvalue weighted by molar-refractivity contribution is 0.171. The van der Waals surface area contributed by atoms with Gasteiger partial charge >= 0.3 is 0 Å². The number of benzene rings is 3. The fourth-order valence-electron chi connectivity index (χ4n) is 4.15. The van der Waals surface area contributed by atoms with E-state index >= 15 is 0 Å². The van der Waals surface area contributed by atoms with E-state index in [-0.39, 0.29) is 20.7 Å². The first kappa shape index (κ1) is 20.8. The molecule has 3 aromatic carbocycles. The predicted molar refractivity (Wildman–Crippen MR) is 119 cm³/mol. The summed E-state index contributed by atoms with van der Waals surface area (Å²) in [6.45, 7) is 2.60. The van der Waals surface area contributed by atoms with Crippen molar-refractivity contribution < 1.29 is 26.3 Å². The Kier molecular flexibility index (Phi) is 4.90. The summed E-state index contributed by atoms with van der Waals surface area (Å²) in [5, 5.41) is 0. The first-order chi connectivity index (χ1) is 15.3. The lowest BCUT2D eigenvalue weighted by atomic mass is 10.1. The summed E-state index contributed by atoms with van der Waals surface area (Å²) < 4.78 is 65.4. The lowest BCUT2D eigenvalue weighted by Crippen LogP contribution is -2.35. The van der Waals surface area contributed by atoms with Crippen molar-refractivity contribution in [3.8, 4) is 11.5 Å². The molecule has 0 aliphatic carbocycles. The molecule has 0 saturated heterocycles. The first-order valence-electron chi connectivity index (χ1n) is 10.2. The zero-order valence-electron chi connectivity index (χ0n) is 17.3. The van der Waals surface area contributed by atoms with Crippen molar-refractivity contribution in [3.05, 3.63) is 72.3 Å². The molecule has 9 heteroatoms. The van der Waals surface area contributed by atoms with Gasteiger partial charge in [-0.25, -0.2) is 16.8 Å². The molecule has 2 heterocycles. The van der Waals surface area contributed by atoms with Crippen LogP contribution in [0.4, 0.5) is 5.69 Å². The van der Waals surface area contributed by atoms with E-state index < -0.39 is 19.9 Å². The maximum Gasteiger partial charge on any atom is 0.264 e. The Hall–Kier alpha value is -3.04. The maximum absolute atomic E-state index is 13.3. The van der Waals surface area contributed by atoms with Crippen LogP contribution in [-0.4, -0.2) is 36.1 Å². The average Bonchev–Trinajstić information content (AvgIpc) is 3.15. The van der Waals surface area contributed by atoms with E-state index in [4.69, 9.17) is 9.47 Å². The van der Waals surface area contributed by atoms with E-state index in [0.717, 1.165) is 0 Å². The Morgan fingerprint density at radius 1 is 0.781 bits per heavy atom. The highest BCUT2D eigenvalue weighted by Crippen LogP contribution is 2.39. The molecule has 0 radical (unpaired) electrons. The van der Waals surface area contributed by atoms with E-state index in [9.17, 15) is 16.8 Å². The van der Waals surface area contributed by atoms with Crippen molar-refractivity contribution in [1.29, 1.82) is 0 Å². The summed E-state index contributed by atoms with van der Waals surface area (Å²) in [4.78, 5) is 0.410. The minimum absolute atomic E-state index is 0.0986. The quantitative estimate of drug-likeness (QED) is 0.579. The van der Waals surface area contributed by atoms with Gasteiger partial charge in [-0.2, -0.15) is 0 Å². The van der Waals surface area contributed by atoms with Crippen LogP contribution in [0.2, 0.25) is 0 Å². The van der Waals surface area contributed by atoms with Gasteiger partial charge in [-0.1, -0.05) is 18.2 Å². The van der Waals surface area contributed by atoms with Crippen molar-refractivity contribution in [2.75, 3.05) is 17.5 Å². The van der Waals surface area contributed by atoms with Crippen LogP contribution in [0.1, 0.15) is 12.5 Å². The van der Waals surface area contributed by atoms with Crippen molar-refractivity contribution in [1.82, 2.24) is 0 Å². The molecule has 1 unspecified atom stereocenters. The number of ether oxygens (including phenoxy) is 2. The molecule has 2 aliphatic heterocycles. The van der Waals surface area contributed by atoms with Crippen molar-refractivity contribution in [2.24, 2.45) is 0 Å². The zero-order valence-corrected chi connectivity index (χ0v) is 18.9. The number of sulfone groups is 1. The smallest absolute Gasteiger partial charge is 0.264 e. The fourth-order valence-corrected chi connectivity index (χ4v) is 7.19. The van der Waals surface area contributed by atoms with Gasteiger partial charge in [0.05, 0.1) is 20.4 Å². The first-order valence-corrected chi connectivity index (χ1v) is 13.1. The molecule has 0 N–H and O–H groups in total. The number of hydrogen-bond acceptors (Lipinski definition) is 6. The van der Waals surface area contributed by atoms with Crippen LogP contribution < -0.4 is 13.8 Å². The molecule has 0 saturated carbocycles. The van der Waals surface area contributed by atoms with Gasteiger partial charge in [0, 0.05) is 12.1 Å². The molecule has 5 rings (SSSR count). The van der Waals surface area contributed by atoms with E-state index in [1.165, 1.54) is 22.5 Å². The van der Waals surface area contributed by atoms with Gasteiger partial charge in [-0.15, -0.1) is 0 Å². The maximum atomic E-state index is 13.3. The summed E-state index contributed by atoms with van der Waals surface area (Å²) >= 11 is 0. The Bertz CT molecular complexity index is 1400. The molecule has 0 amide bonds. The molecular formula is C23H21NO6S2. The predicted octanol–water partition coefficient (Wildman–Crippen LogP) is 3.43. The second kappa shape index (κ2) is 7.53. The van der Waals surface area contributed by atoms with Crippen LogP contribution in [-0.2, 0) is 26.3 Å². The molecular weight excluding hydrogens is 450 g/mol. The fraction of sp³-hybridized carbons (Fsp3) is 0.217. The second-order valence-electron chi connectivity index (χ2n) is 7.77. The number of fused-ring (bicyclic) bond motifs is 2. The topological polar surface area (TPSA) is 90.0 Å².